The molecule has 1 saturated carbocycles. The van der Waals surface area contributed by atoms with E-state index in [1.165, 1.54) is 5.56 Å². The van der Waals surface area contributed by atoms with Crippen LogP contribution in [0.4, 0.5) is 5.69 Å². The van der Waals surface area contributed by atoms with Crippen molar-refractivity contribution in [3.05, 3.63) is 102 Å². The number of rotatable bonds is 6. The van der Waals surface area contributed by atoms with Crippen LogP contribution in [-0.4, -0.2) is 62.6 Å². The van der Waals surface area contributed by atoms with Crippen LogP contribution in [0.15, 0.2) is 79.3 Å². The molecule has 2 amide bonds. The first-order valence-electron chi connectivity index (χ1n) is 15.4. The summed E-state index contributed by atoms with van der Waals surface area (Å²) in [6, 6.07) is 20.6. The first kappa shape index (κ1) is 28.8. The highest BCUT2D eigenvalue weighted by molar-refractivity contribution is 5.96. The van der Waals surface area contributed by atoms with Crippen molar-refractivity contribution in [2.75, 3.05) is 31.1 Å². The van der Waals surface area contributed by atoms with E-state index in [0.717, 1.165) is 73.5 Å². The zero-order valence-corrected chi connectivity index (χ0v) is 25.2. The third-order valence-electron chi connectivity index (χ3n) is 8.49. The van der Waals surface area contributed by atoms with Gasteiger partial charge in [-0.2, -0.15) is 5.10 Å². The number of carbonyl (C=O) groups is 2. The zero-order chi connectivity index (χ0) is 29.8. The van der Waals surface area contributed by atoms with Gasteiger partial charge in [0.05, 0.1) is 11.3 Å². The van der Waals surface area contributed by atoms with Gasteiger partial charge in [0.1, 0.15) is 0 Å². The van der Waals surface area contributed by atoms with E-state index in [2.05, 4.69) is 53.2 Å². The topological polar surface area (TPSA) is 74.6 Å². The first-order valence-corrected chi connectivity index (χ1v) is 15.4. The van der Waals surface area contributed by atoms with Gasteiger partial charge in [-0.05, 0) is 66.6 Å². The average molecular weight is 577 g/mol. The molecule has 2 aliphatic rings. The fourth-order valence-corrected chi connectivity index (χ4v) is 6.01. The number of carbonyl (C=O) groups excluding carboxylic acids is 2. The minimum atomic E-state index is 0.00218. The lowest BCUT2D eigenvalue weighted by atomic mass is 10.0. The van der Waals surface area contributed by atoms with Gasteiger partial charge < -0.3 is 9.80 Å². The normalized spacial score (nSPS) is 16.4. The van der Waals surface area contributed by atoms with Crippen LogP contribution in [0.2, 0.25) is 0 Å². The summed E-state index contributed by atoms with van der Waals surface area (Å²) in [5, 5.41) is 4.80. The molecule has 8 nitrogen and oxygen atoms in total. The SMILES string of the molecule is CCn1cc(C(=O)N2CCN(Cc3ccccc3)CCCN(C(C)=O)c3ccc(-c4cccnc4)cc3C2)c(C2CC2)n1. The number of fused-ring (bicyclic) bond motifs is 1. The molecule has 0 radical (unpaired) electrons. The summed E-state index contributed by atoms with van der Waals surface area (Å²) in [4.78, 5) is 38.1. The van der Waals surface area contributed by atoms with Gasteiger partial charge in [-0.1, -0.05) is 42.5 Å². The van der Waals surface area contributed by atoms with E-state index >= 15 is 0 Å². The van der Waals surface area contributed by atoms with E-state index in [-0.39, 0.29) is 11.8 Å². The lowest BCUT2D eigenvalue weighted by molar-refractivity contribution is -0.116. The van der Waals surface area contributed by atoms with E-state index in [4.69, 9.17) is 5.10 Å². The van der Waals surface area contributed by atoms with Crippen molar-refractivity contribution in [3.63, 3.8) is 0 Å². The summed E-state index contributed by atoms with van der Waals surface area (Å²) in [6.45, 7) is 8.34. The summed E-state index contributed by atoms with van der Waals surface area (Å²) < 4.78 is 1.89. The number of benzene rings is 2. The maximum atomic E-state index is 14.4. The molecule has 0 atom stereocenters. The first-order chi connectivity index (χ1) is 21.0. The van der Waals surface area contributed by atoms with Crippen molar-refractivity contribution in [2.45, 2.75) is 58.7 Å². The van der Waals surface area contributed by atoms with Gasteiger partial charge in [0.2, 0.25) is 5.91 Å². The van der Waals surface area contributed by atoms with Crippen LogP contribution in [0.1, 0.15) is 66.2 Å². The monoisotopic (exact) mass is 576 g/mol. The Morgan fingerprint density at radius 3 is 2.49 bits per heavy atom. The van der Waals surface area contributed by atoms with Crippen LogP contribution in [-0.2, 0) is 24.4 Å². The molecule has 0 spiro atoms. The molecule has 0 unspecified atom stereocenters. The zero-order valence-electron chi connectivity index (χ0n) is 25.2. The van der Waals surface area contributed by atoms with Gasteiger partial charge in [-0.25, -0.2) is 0 Å². The second-order valence-corrected chi connectivity index (χ2v) is 11.7. The Kier molecular flexibility index (Phi) is 8.65. The molecule has 1 aliphatic heterocycles. The van der Waals surface area contributed by atoms with Crippen molar-refractivity contribution in [3.8, 4) is 11.1 Å². The predicted octanol–water partition coefficient (Wildman–Crippen LogP) is 5.74. The van der Waals surface area contributed by atoms with Crippen molar-refractivity contribution < 1.29 is 9.59 Å². The molecule has 1 aliphatic carbocycles. The number of aryl methyl sites for hydroxylation is 1. The van der Waals surface area contributed by atoms with E-state index < -0.39 is 0 Å². The Morgan fingerprint density at radius 2 is 1.77 bits per heavy atom. The minimum absolute atomic E-state index is 0.00218. The van der Waals surface area contributed by atoms with Crippen molar-refractivity contribution in [1.29, 1.82) is 0 Å². The molecule has 8 heteroatoms. The molecule has 0 N–H and O–H groups in total. The summed E-state index contributed by atoms with van der Waals surface area (Å²) in [5.41, 5.74) is 6.71. The van der Waals surface area contributed by atoms with Crippen LogP contribution >= 0.6 is 0 Å². The number of aromatic nitrogens is 3. The smallest absolute Gasteiger partial charge is 0.257 e. The van der Waals surface area contributed by atoms with Crippen LogP contribution < -0.4 is 4.90 Å². The molecule has 1 fully saturated rings. The standard InChI is InChI=1S/C35H40N6O2/c1-3-40-25-32(34(37-40)28-12-13-28)35(43)39-20-19-38(23-27-9-5-4-6-10-27)17-8-18-41(26(2)42)33-15-14-29(21-31(33)24-39)30-11-7-16-36-22-30/h4-7,9-11,14-16,21-22,25,28H,3,8,12-13,17-20,23-24H2,1-2H3. The lowest BCUT2D eigenvalue weighted by Crippen LogP contribution is -2.38. The van der Waals surface area contributed by atoms with Gasteiger partial charge in [0.25, 0.3) is 5.91 Å². The molecule has 2 aromatic heterocycles. The van der Waals surface area contributed by atoms with Crippen LogP contribution in [0.25, 0.3) is 11.1 Å². The number of anilines is 1. The Hall–Kier alpha value is -4.30. The van der Waals surface area contributed by atoms with Crippen molar-refractivity contribution in [1.82, 2.24) is 24.6 Å². The van der Waals surface area contributed by atoms with Crippen LogP contribution in [0, 0.1) is 0 Å². The molecule has 6 rings (SSSR count). The fourth-order valence-electron chi connectivity index (χ4n) is 6.01. The molecule has 43 heavy (non-hydrogen) atoms. The molecular formula is C35H40N6O2. The molecule has 222 valence electrons. The van der Waals surface area contributed by atoms with Gasteiger partial charge in [-0.15, -0.1) is 0 Å². The molecular weight excluding hydrogens is 536 g/mol. The van der Waals surface area contributed by atoms with Gasteiger partial charge >= 0.3 is 0 Å². The fraction of sp³-hybridized carbons (Fsp3) is 0.371. The summed E-state index contributed by atoms with van der Waals surface area (Å²) in [7, 11) is 0. The summed E-state index contributed by atoms with van der Waals surface area (Å²) >= 11 is 0. The maximum absolute atomic E-state index is 14.4. The minimum Gasteiger partial charge on any atom is -0.333 e. The average Bonchev–Trinajstić information content (AvgIpc) is 3.79. The van der Waals surface area contributed by atoms with E-state index in [0.29, 0.717) is 31.1 Å². The Labute approximate surface area is 253 Å². The van der Waals surface area contributed by atoms with Crippen molar-refractivity contribution >= 4 is 17.5 Å². The second-order valence-electron chi connectivity index (χ2n) is 11.7. The summed E-state index contributed by atoms with van der Waals surface area (Å²) in [5.74, 6) is 0.373. The van der Waals surface area contributed by atoms with Crippen LogP contribution in [0.5, 0.6) is 0 Å². The largest absolute Gasteiger partial charge is 0.333 e. The highest BCUT2D eigenvalue weighted by Crippen LogP contribution is 2.41. The lowest BCUT2D eigenvalue weighted by Gasteiger charge is -2.28. The Morgan fingerprint density at radius 1 is 0.930 bits per heavy atom. The summed E-state index contributed by atoms with van der Waals surface area (Å²) in [6.07, 6.45) is 8.53. The number of hydrogen-bond acceptors (Lipinski definition) is 5. The Bertz CT molecular complexity index is 1560. The predicted molar refractivity (Wildman–Crippen MR) is 169 cm³/mol. The number of hydrogen-bond donors (Lipinski definition) is 0. The second kappa shape index (κ2) is 12.9. The van der Waals surface area contributed by atoms with E-state index in [1.807, 2.05) is 51.1 Å². The number of amides is 2. The molecule has 3 heterocycles. The highest BCUT2D eigenvalue weighted by atomic mass is 16.2. The van der Waals surface area contributed by atoms with Crippen molar-refractivity contribution in [2.24, 2.45) is 0 Å². The quantitative estimate of drug-likeness (QED) is 0.293. The third-order valence-corrected chi connectivity index (χ3v) is 8.49. The number of nitrogens with zero attached hydrogens (tertiary/aromatic N) is 6. The van der Waals surface area contributed by atoms with Gasteiger partial charge in [0, 0.05) is 82.9 Å². The highest BCUT2D eigenvalue weighted by Gasteiger charge is 2.33. The van der Waals surface area contributed by atoms with E-state index in [9.17, 15) is 9.59 Å². The van der Waals surface area contributed by atoms with Gasteiger partial charge in [0.15, 0.2) is 0 Å². The molecule has 2 aromatic carbocycles. The molecule has 4 aromatic rings. The van der Waals surface area contributed by atoms with E-state index in [1.54, 1.807) is 13.1 Å². The van der Waals surface area contributed by atoms with Crippen LogP contribution in [0.3, 0.4) is 0 Å². The molecule has 0 bridgehead atoms. The third kappa shape index (κ3) is 6.70. The maximum Gasteiger partial charge on any atom is 0.257 e. The van der Waals surface area contributed by atoms with Gasteiger partial charge in [-0.3, -0.25) is 24.2 Å². The number of pyridine rings is 1. The molecule has 0 saturated heterocycles. The Balaban J connectivity index is 1.40.